The lowest BCUT2D eigenvalue weighted by molar-refractivity contribution is -0.207. The first-order valence-electron chi connectivity index (χ1n) is 12.0. The number of likely N-dealkylation sites (tertiary alicyclic amines) is 1. The third kappa shape index (κ3) is 7.08. The average Bonchev–Trinajstić information content (AvgIpc) is 3.21. The van der Waals surface area contributed by atoms with Gasteiger partial charge in [0.25, 0.3) is 0 Å². The van der Waals surface area contributed by atoms with Crippen molar-refractivity contribution in [3.8, 4) is 0 Å². The van der Waals surface area contributed by atoms with Crippen molar-refractivity contribution in [1.82, 2.24) is 10.2 Å². The number of aliphatic hydroxyl groups excluding tert-OH is 3. The number of benzene rings is 1. The lowest BCUT2D eigenvalue weighted by atomic mass is 9.94. The number of thioether (sulfide) groups is 1. The van der Waals surface area contributed by atoms with Gasteiger partial charge < -0.3 is 30.1 Å². The normalized spacial score (nSPS) is 32.1. The zero-order valence-electron chi connectivity index (χ0n) is 20.4. The molecule has 3 rings (SSSR count). The Hall–Kier alpha value is -1.89. The van der Waals surface area contributed by atoms with E-state index in [1.54, 1.807) is 30.5 Å². The summed E-state index contributed by atoms with van der Waals surface area (Å²) in [5, 5.41) is 36.8. The first-order chi connectivity index (χ1) is 16.7. The van der Waals surface area contributed by atoms with Crippen LogP contribution in [0.15, 0.2) is 30.3 Å². The largest absolute Gasteiger partial charge is 0.447 e. The molecule has 2 unspecified atom stereocenters. The maximum Gasteiger partial charge on any atom is 0.411 e. The van der Waals surface area contributed by atoms with Crippen LogP contribution in [0.1, 0.15) is 26.2 Å². The van der Waals surface area contributed by atoms with Crippen LogP contribution < -0.4 is 10.6 Å². The van der Waals surface area contributed by atoms with Crippen molar-refractivity contribution in [1.29, 1.82) is 0 Å². The van der Waals surface area contributed by atoms with Gasteiger partial charge in [-0.15, -0.1) is 11.8 Å². The molecule has 2 saturated heterocycles. The SMILES string of the molecule is CCC[C@@H]1C[C@@H](C(=O)N[C@H](COC(=O)Nc2ccccc2)[C@H]2OC(SC)[C@H](O)[C@H](O)C2O)N(C)C1. The van der Waals surface area contributed by atoms with Crippen LogP contribution in [-0.2, 0) is 14.3 Å². The second-order valence-corrected chi connectivity index (χ2v) is 10.2. The molecule has 0 aromatic heterocycles. The van der Waals surface area contributed by atoms with Gasteiger partial charge in [0, 0.05) is 12.2 Å². The van der Waals surface area contributed by atoms with Crippen LogP contribution in [0.3, 0.4) is 0 Å². The van der Waals surface area contributed by atoms with Gasteiger partial charge in [-0.25, -0.2) is 4.79 Å². The van der Waals surface area contributed by atoms with Crippen molar-refractivity contribution in [2.75, 3.05) is 31.8 Å². The first-order valence-corrected chi connectivity index (χ1v) is 13.3. The van der Waals surface area contributed by atoms with Crippen molar-refractivity contribution in [3.63, 3.8) is 0 Å². The summed E-state index contributed by atoms with van der Waals surface area (Å²) in [6, 6.07) is 7.45. The van der Waals surface area contributed by atoms with E-state index in [9.17, 15) is 24.9 Å². The predicted octanol–water partition coefficient (Wildman–Crippen LogP) is 1.01. The zero-order chi connectivity index (χ0) is 25.5. The van der Waals surface area contributed by atoms with Crippen LogP contribution in [0.25, 0.3) is 0 Å². The second-order valence-electron chi connectivity index (χ2n) is 9.23. The van der Waals surface area contributed by atoms with Gasteiger partial charge in [0.15, 0.2) is 0 Å². The fourth-order valence-electron chi connectivity index (χ4n) is 4.77. The first kappa shape index (κ1) is 27.7. The van der Waals surface area contributed by atoms with Gasteiger partial charge >= 0.3 is 6.09 Å². The van der Waals surface area contributed by atoms with Crippen LogP contribution >= 0.6 is 11.8 Å². The lowest BCUT2D eigenvalue weighted by Crippen LogP contribution is -2.64. The number of carbonyl (C=O) groups is 2. The van der Waals surface area contributed by atoms with Gasteiger partial charge in [0.1, 0.15) is 36.5 Å². The van der Waals surface area contributed by atoms with Crippen molar-refractivity contribution >= 4 is 29.4 Å². The summed E-state index contributed by atoms with van der Waals surface area (Å²) >= 11 is 1.17. The fraction of sp³-hybridized carbons (Fsp3) is 0.667. The van der Waals surface area contributed by atoms with Crippen LogP contribution in [0.4, 0.5) is 10.5 Å². The smallest absolute Gasteiger partial charge is 0.411 e. The Morgan fingerprint density at radius 1 is 1.20 bits per heavy atom. The van der Waals surface area contributed by atoms with Gasteiger partial charge in [-0.1, -0.05) is 31.5 Å². The molecule has 196 valence electrons. The van der Waals surface area contributed by atoms with E-state index >= 15 is 0 Å². The molecule has 35 heavy (non-hydrogen) atoms. The van der Waals surface area contributed by atoms with Crippen molar-refractivity contribution in [3.05, 3.63) is 30.3 Å². The highest BCUT2D eigenvalue weighted by Crippen LogP contribution is 2.30. The molecule has 0 radical (unpaired) electrons. The highest BCUT2D eigenvalue weighted by molar-refractivity contribution is 7.99. The zero-order valence-corrected chi connectivity index (χ0v) is 21.2. The molecule has 0 bridgehead atoms. The molecule has 2 fully saturated rings. The molecule has 1 aromatic rings. The number of carbonyl (C=O) groups excluding carboxylic acids is 2. The third-order valence-electron chi connectivity index (χ3n) is 6.61. The molecule has 0 spiro atoms. The Kier molecular flexibility index (Phi) is 10.2. The molecule has 0 saturated carbocycles. The Morgan fingerprint density at radius 3 is 2.57 bits per heavy atom. The van der Waals surface area contributed by atoms with E-state index in [4.69, 9.17) is 9.47 Å². The van der Waals surface area contributed by atoms with Crippen molar-refractivity contribution in [2.45, 2.75) is 68.1 Å². The maximum atomic E-state index is 13.2. The Morgan fingerprint density at radius 2 is 1.91 bits per heavy atom. The number of rotatable bonds is 9. The molecular formula is C24H37N3O7S. The highest BCUT2D eigenvalue weighted by Gasteiger charge is 2.47. The molecule has 2 amide bonds. The van der Waals surface area contributed by atoms with E-state index in [-0.39, 0.29) is 18.6 Å². The number of ether oxygens (including phenoxy) is 2. The van der Waals surface area contributed by atoms with Gasteiger partial charge in [0.05, 0.1) is 12.1 Å². The lowest BCUT2D eigenvalue weighted by Gasteiger charge is -2.43. The Balaban J connectivity index is 1.72. The fourth-order valence-corrected chi connectivity index (χ4v) is 5.45. The highest BCUT2D eigenvalue weighted by atomic mass is 32.2. The number of para-hydroxylation sites is 1. The molecule has 10 nitrogen and oxygen atoms in total. The molecule has 2 heterocycles. The van der Waals surface area contributed by atoms with Crippen LogP contribution in [0.2, 0.25) is 0 Å². The quantitative estimate of drug-likeness (QED) is 0.328. The number of amides is 2. The number of anilines is 1. The number of hydrogen-bond acceptors (Lipinski definition) is 9. The van der Waals surface area contributed by atoms with E-state index in [1.165, 1.54) is 11.8 Å². The Labute approximate surface area is 210 Å². The average molecular weight is 512 g/mol. The van der Waals surface area contributed by atoms with Crippen LogP contribution in [0.5, 0.6) is 0 Å². The molecular weight excluding hydrogens is 474 g/mol. The van der Waals surface area contributed by atoms with E-state index in [1.807, 2.05) is 18.0 Å². The summed E-state index contributed by atoms with van der Waals surface area (Å²) < 4.78 is 11.2. The van der Waals surface area contributed by atoms with Crippen molar-refractivity contribution < 1.29 is 34.4 Å². The Bertz CT molecular complexity index is 831. The van der Waals surface area contributed by atoms with Gasteiger partial charge in [-0.3, -0.25) is 15.0 Å². The van der Waals surface area contributed by atoms with Gasteiger partial charge in [-0.05, 0) is 44.2 Å². The van der Waals surface area contributed by atoms with Crippen LogP contribution in [-0.4, -0.2) is 101 Å². The summed E-state index contributed by atoms with van der Waals surface area (Å²) in [6.45, 7) is 2.63. The summed E-state index contributed by atoms with van der Waals surface area (Å²) in [7, 11) is 1.90. The van der Waals surface area contributed by atoms with E-state index < -0.39 is 42.0 Å². The van der Waals surface area contributed by atoms with Crippen LogP contribution in [0, 0.1) is 5.92 Å². The van der Waals surface area contributed by atoms with Crippen molar-refractivity contribution in [2.24, 2.45) is 5.92 Å². The monoisotopic (exact) mass is 511 g/mol. The van der Waals surface area contributed by atoms with E-state index in [2.05, 4.69) is 17.6 Å². The molecule has 2 aliphatic rings. The minimum absolute atomic E-state index is 0.264. The molecule has 8 atom stereocenters. The summed E-state index contributed by atoms with van der Waals surface area (Å²) in [4.78, 5) is 27.6. The number of hydrogen-bond donors (Lipinski definition) is 5. The minimum atomic E-state index is -1.49. The maximum absolute atomic E-state index is 13.2. The summed E-state index contributed by atoms with van der Waals surface area (Å²) in [5.41, 5.74) is -0.276. The predicted molar refractivity (Wildman–Crippen MR) is 133 cm³/mol. The molecule has 1 aromatic carbocycles. The summed E-state index contributed by atoms with van der Waals surface area (Å²) in [5.74, 6) is 0.154. The van der Waals surface area contributed by atoms with E-state index in [0.29, 0.717) is 18.0 Å². The molecule has 0 aliphatic carbocycles. The molecule has 11 heteroatoms. The standard InChI is InChI=1S/C24H37N3O7S/c1-4-8-14-11-17(27(2)12-14)22(31)26-16(13-33-24(32)25-15-9-6-5-7-10-15)21-19(29)18(28)20(30)23(34-21)35-3/h5-7,9-10,14,16-21,23,28-30H,4,8,11-13H2,1-3H3,(H,25,32)(H,26,31)/t14-,16-,17+,18-,19?,20-,21-,23?/m1/s1. The number of nitrogens with one attached hydrogen (secondary N) is 2. The van der Waals surface area contributed by atoms with E-state index in [0.717, 1.165) is 19.4 Å². The third-order valence-corrected chi connectivity index (χ3v) is 7.47. The molecule has 2 aliphatic heterocycles. The summed E-state index contributed by atoms with van der Waals surface area (Å²) in [6.07, 6.45) is -1.62. The second kappa shape index (κ2) is 12.9. The number of likely N-dealkylation sites (N-methyl/N-ethyl adjacent to an activating group) is 1. The van der Waals surface area contributed by atoms with Gasteiger partial charge in [0.2, 0.25) is 5.91 Å². The van der Waals surface area contributed by atoms with Gasteiger partial charge in [-0.2, -0.15) is 0 Å². The topological polar surface area (TPSA) is 141 Å². The number of aliphatic hydroxyl groups is 3. The number of nitrogens with zero attached hydrogens (tertiary/aromatic N) is 1. The minimum Gasteiger partial charge on any atom is -0.447 e. The molecule has 5 N–H and O–H groups in total.